The molecule has 106 valence electrons. The van der Waals surface area contributed by atoms with Crippen LogP contribution in [0.4, 0.5) is 0 Å². The third-order valence-corrected chi connectivity index (χ3v) is 4.73. The van der Waals surface area contributed by atoms with Gasteiger partial charge in [-0.3, -0.25) is 4.90 Å². The molecule has 4 heteroatoms. The summed E-state index contributed by atoms with van der Waals surface area (Å²) in [5.74, 6) is 0. The summed E-state index contributed by atoms with van der Waals surface area (Å²) >= 11 is 0. The normalized spacial score (nSPS) is 28.3. The smallest absolute Gasteiger partial charge is 0.0826 e. The first kappa shape index (κ1) is 14.3. The van der Waals surface area contributed by atoms with Crippen LogP contribution in [0.3, 0.4) is 0 Å². The molecule has 0 radical (unpaired) electrons. The summed E-state index contributed by atoms with van der Waals surface area (Å²) in [5.41, 5.74) is 0.416. The molecule has 2 rings (SSSR count). The van der Waals surface area contributed by atoms with Gasteiger partial charge in [-0.2, -0.15) is 0 Å². The van der Waals surface area contributed by atoms with Gasteiger partial charge >= 0.3 is 0 Å². The van der Waals surface area contributed by atoms with E-state index in [4.69, 9.17) is 4.74 Å². The molecule has 1 aliphatic carbocycles. The summed E-state index contributed by atoms with van der Waals surface area (Å²) in [6.45, 7) is 8.52. The summed E-state index contributed by atoms with van der Waals surface area (Å²) in [4.78, 5) is 4.87. The van der Waals surface area contributed by atoms with Gasteiger partial charge in [0, 0.05) is 31.7 Å². The van der Waals surface area contributed by atoms with Crippen molar-refractivity contribution in [1.82, 2.24) is 15.1 Å². The molecule has 1 heterocycles. The lowest BCUT2D eigenvalue weighted by Crippen LogP contribution is -2.57. The van der Waals surface area contributed by atoms with Crippen molar-refractivity contribution < 1.29 is 4.74 Å². The third kappa shape index (κ3) is 3.23. The fraction of sp³-hybridized carbons (Fsp3) is 1.00. The van der Waals surface area contributed by atoms with Crippen LogP contribution in [0.15, 0.2) is 0 Å². The minimum Gasteiger partial charge on any atom is -0.374 e. The van der Waals surface area contributed by atoms with Crippen LogP contribution in [-0.2, 0) is 4.74 Å². The lowest BCUT2D eigenvalue weighted by molar-refractivity contribution is -0.0284. The Morgan fingerprint density at radius 2 is 2.17 bits per heavy atom. The van der Waals surface area contributed by atoms with Crippen LogP contribution in [0.25, 0.3) is 0 Å². The molecule has 1 unspecified atom stereocenters. The van der Waals surface area contributed by atoms with Gasteiger partial charge in [0.2, 0.25) is 0 Å². The number of nitrogens with one attached hydrogen (secondary N) is 1. The van der Waals surface area contributed by atoms with Crippen molar-refractivity contribution in [2.75, 3.05) is 53.4 Å². The Kier molecular flexibility index (Phi) is 5.01. The fourth-order valence-electron chi connectivity index (χ4n) is 3.02. The summed E-state index contributed by atoms with van der Waals surface area (Å²) in [6, 6.07) is 0. The second-order valence-electron chi connectivity index (χ2n) is 5.99. The van der Waals surface area contributed by atoms with Crippen molar-refractivity contribution in [3.63, 3.8) is 0 Å². The molecule has 4 nitrogen and oxygen atoms in total. The van der Waals surface area contributed by atoms with E-state index in [-0.39, 0.29) is 0 Å². The number of hydrogen-bond donors (Lipinski definition) is 1. The Morgan fingerprint density at radius 1 is 1.39 bits per heavy atom. The van der Waals surface area contributed by atoms with Crippen molar-refractivity contribution in [2.45, 2.75) is 37.8 Å². The second kappa shape index (κ2) is 6.33. The highest BCUT2D eigenvalue weighted by molar-refractivity contribution is 4.97. The molecule has 1 aliphatic heterocycles. The van der Waals surface area contributed by atoms with Gasteiger partial charge < -0.3 is 15.0 Å². The van der Waals surface area contributed by atoms with Crippen molar-refractivity contribution in [1.29, 1.82) is 0 Å². The van der Waals surface area contributed by atoms with E-state index in [1.807, 2.05) is 0 Å². The van der Waals surface area contributed by atoms with Crippen molar-refractivity contribution in [3.05, 3.63) is 0 Å². The van der Waals surface area contributed by atoms with Gasteiger partial charge in [-0.1, -0.05) is 6.92 Å². The zero-order chi connectivity index (χ0) is 13.0. The molecule has 0 spiro atoms. The summed E-state index contributed by atoms with van der Waals surface area (Å²) < 4.78 is 5.82. The van der Waals surface area contributed by atoms with Crippen molar-refractivity contribution >= 4 is 0 Å². The fourth-order valence-corrected chi connectivity index (χ4v) is 3.02. The molecular formula is C14H29N3O. The number of nitrogens with zero attached hydrogens (tertiary/aromatic N) is 2. The molecule has 0 aromatic heterocycles. The predicted molar refractivity (Wildman–Crippen MR) is 75.0 cm³/mol. The third-order valence-electron chi connectivity index (χ3n) is 4.73. The van der Waals surface area contributed by atoms with Gasteiger partial charge in [0.25, 0.3) is 0 Å². The summed E-state index contributed by atoms with van der Waals surface area (Å²) in [6.07, 6.45) is 4.42. The first-order chi connectivity index (χ1) is 8.66. The molecule has 2 aliphatic rings. The SMILES string of the molecule is CCN1CCOC(CNCC2(N(C)C)CCC2)C1. The Labute approximate surface area is 112 Å². The van der Waals surface area contributed by atoms with E-state index in [2.05, 4.69) is 36.1 Å². The molecule has 1 atom stereocenters. The average molecular weight is 255 g/mol. The summed E-state index contributed by atoms with van der Waals surface area (Å²) in [5, 5.41) is 3.63. The number of likely N-dealkylation sites (N-methyl/N-ethyl adjacent to an activating group) is 2. The average Bonchev–Trinajstić information content (AvgIpc) is 2.32. The van der Waals surface area contributed by atoms with E-state index in [9.17, 15) is 0 Å². The quantitative estimate of drug-likeness (QED) is 0.759. The molecule has 18 heavy (non-hydrogen) atoms. The highest BCUT2D eigenvalue weighted by Crippen LogP contribution is 2.35. The molecule has 2 fully saturated rings. The van der Waals surface area contributed by atoms with E-state index in [0.29, 0.717) is 11.6 Å². The van der Waals surface area contributed by atoms with Crippen LogP contribution in [0, 0.1) is 0 Å². The van der Waals surface area contributed by atoms with E-state index >= 15 is 0 Å². The maximum Gasteiger partial charge on any atom is 0.0826 e. The highest BCUT2D eigenvalue weighted by atomic mass is 16.5. The van der Waals surface area contributed by atoms with Gasteiger partial charge in [0.1, 0.15) is 0 Å². The highest BCUT2D eigenvalue weighted by Gasteiger charge is 2.38. The first-order valence-corrected chi connectivity index (χ1v) is 7.38. The van der Waals surface area contributed by atoms with Crippen molar-refractivity contribution in [3.8, 4) is 0 Å². The van der Waals surface area contributed by atoms with E-state index < -0.39 is 0 Å². The Bertz CT molecular complexity index is 253. The van der Waals surface area contributed by atoms with Gasteiger partial charge in [-0.05, 0) is 39.9 Å². The number of morpholine rings is 1. The van der Waals surface area contributed by atoms with Crippen LogP contribution < -0.4 is 5.32 Å². The molecule has 0 aromatic rings. The number of ether oxygens (including phenoxy) is 1. The molecule has 1 N–H and O–H groups in total. The summed E-state index contributed by atoms with van der Waals surface area (Å²) in [7, 11) is 4.41. The van der Waals surface area contributed by atoms with Crippen LogP contribution in [0.5, 0.6) is 0 Å². The largest absolute Gasteiger partial charge is 0.374 e. The topological polar surface area (TPSA) is 27.7 Å². The van der Waals surface area contributed by atoms with Gasteiger partial charge in [0.15, 0.2) is 0 Å². The molecule has 0 amide bonds. The zero-order valence-corrected chi connectivity index (χ0v) is 12.2. The Hall–Kier alpha value is -0.160. The van der Waals surface area contributed by atoms with Gasteiger partial charge in [0.05, 0.1) is 12.7 Å². The first-order valence-electron chi connectivity index (χ1n) is 7.38. The number of rotatable bonds is 6. The standard InChI is InChI=1S/C14H29N3O/c1-4-17-8-9-18-13(11-17)10-15-12-14(16(2)3)6-5-7-14/h13,15H,4-12H2,1-3H3. The van der Waals surface area contributed by atoms with E-state index in [1.165, 1.54) is 19.3 Å². The molecule has 1 saturated heterocycles. The van der Waals surface area contributed by atoms with Crippen LogP contribution in [0.2, 0.25) is 0 Å². The molecule has 0 bridgehead atoms. The molecule has 1 saturated carbocycles. The maximum absolute atomic E-state index is 5.82. The predicted octanol–water partition coefficient (Wildman–Crippen LogP) is 0.781. The minimum atomic E-state index is 0.373. The van der Waals surface area contributed by atoms with Crippen LogP contribution >= 0.6 is 0 Å². The second-order valence-corrected chi connectivity index (χ2v) is 5.99. The minimum absolute atomic E-state index is 0.373. The lowest BCUT2D eigenvalue weighted by Gasteiger charge is -2.48. The van der Waals surface area contributed by atoms with Crippen LogP contribution in [0.1, 0.15) is 26.2 Å². The molecular weight excluding hydrogens is 226 g/mol. The van der Waals surface area contributed by atoms with Gasteiger partial charge in [-0.25, -0.2) is 0 Å². The monoisotopic (exact) mass is 255 g/mol. The number of hydrogen-bond acceptors (Lipinski definition) is 4. The van der Waals surface area contributed by atoms with Crippen molar-refractivity contribution in [2.24, 2.45) is 0 Å². The lowest BCUT2D eigenvalue weighted by atomic mass is 9.75. The van der Waals surface area contributed by atoms with Gasteiger partial charge in [-0.15, -0.1) is 0 Å². The van der Waals surface area contributed by atoms with E-state index in [0.717, 1.165) is 39.3 Å². The van der Waals surface area contributed by atoms with E-state index in [1.54, 1.807) is 0 Å². The Morgan fingerprint density at radius 3 is 2.72 bits per heavy atom. The Balaban J connectivity index is 1.68. The zero-order valence-electron chi connectivity index (χ0n) is 12.2. The molecule has 0 aromatic carbocycles. The maximum atomic E-state index is 5.82. The van der Waals surface area contributed by atoms with Crippen LogP contribution in [-0.4, -0.2) is 74.9 Å².